The van der Waals surface area contributed by atoms with Crippen molar-refractivity contribution in [3.63, 3.8) is 0 Å². The highest BCUT2D eigenvalue weighted by atomic mass is 16.5. The average Bonchev–Trinajstić information content (AvgIpc) is 3.29. The highest BCUT2D eigenvalue weighted by Gasteiger charge is 2.40. The third kappa shape index (κ3) is 3.46. The van der Waals surface area contributed by atoms with Crippen molar-refractivity contribution in [1.29, 1.82) is 0 Å². The molecule has 3 nitrogen and oxygen atoms in total. The molecule has 1 saturated heterocycles. The number of hydrogen-bond donors (Lipinski definition) is 1. The minimum atomic E-state index is 0.514. The van der Waals surface area contributed by atoms with E-state index in [9.17, 15) is 0 Å². The first-order valence-electron chi connectivity index (χ1n) is 7.85. The maximum Gasteiger partial charge on any atom is 0.0595 e. The van der Waals surface area contributed by atoms with Crippen molar-refractivity contribution in [1.82, 2.24) is 10.2 Å². The molecule has 2 saturated carbocycles. The van der Waals surface area contributed by atoms with Crippen molar-refractivity contribution >= 4 is 0 Å². The van der Waals surface area contributed by atoms with Gasteiger partial charge in [-0.25, -0.2) is 0 Å². The number of piperidine rings is 1. The number of methoxy groups -OCH3 is 1. The lowest BCUT2D eigenvalue weighted by Gasteiger charge is -2.31. The quantitative estimate of drug-likeness (QED) is 0.749. The van der Waals surface area contributed by atoms with Crippen LogP contribution < -0.4 is 5.32 Å². The maximum absolute atomic E-state index is 5.42. The van der Waals surface area contributed by atoms with Gasteiger partial charge < -0.3 is 15.0 Å². The van der Waals surface area contributed by atoms with Crippen LogP contribution in [0.2, 0.25) is 0 Å². The van der Waals surface area contributed by atoms with Crippen molar-refractivity contribution in [2.75, 3.05) is 33.3 Å². The minimum absolute atomic E-state index is 0.514. The molecule has 3 heteroatoms. The zero-order valence-electron chi connectivity index (χ0n) is 11.7. The molecule has 3 fully saturated rings. The van der Waals surface area contributed by atoms with Gasteiger partial charge in [0.05, 0.1) is 6.10 Å². The maximum atomic E-state index is 5.42. The molecule has 104 valence electrons. The second kappa shape index (κ2) is 5.89. The Morgan fingerprint density at radius 3 is 2.17 bits per heavy atom. The molecular weight excluding hydrogens is 224 g/mol. The number of hydrogen-bond acceptors (Lipinski definition) is 3. The highest BCUT2D eigenvalue weighted by molar-refractivity contribution is 4.96. The summed E-state index contributed by atoms with van der Waals surface area (Å²) in [7, 11) is 1.84. The standard InChI is InChI=1S/C15H28N2O/c1-18-14-6-9-17(10-7-14)11-8-16-15(12-2-3-12)13-4-5-13/h12-16H,2-11H2,1H3. The van der Waals surface area contributed by atoms with E-state index in [0.29, 0.717) is 6.10 Å². The van der Waals surface area contributed by atoms with Gasteiger partial charge in [-0.3, -0.25) is 0 Å². The molecular formula is C15H28N2O. The molecule has 1 heterocycles. The number of likely N-dealkylation sites (tertiary alicyclic amines) is 1. The van der Waals surface area contributed by atoms with Crippen LogP contribution in [0.1, 0.15) is 38.5 Å². The summed E-state index contributed by atoms with van der Waals surface area (Å²) in [4.78, 5) is 2.60. The van der Waals surface area contributed by atoms with E-state index in [1.807, 2.05) is 7.11 Å². The topological polar surface area (TPSA) is 24.5 Å². The molecule has 0 bridgehead atoms. The van der Waals surface area contributed by atoms with Crippen molar-refractivity contribution in [2.24, 2.45) is 11.8 Å². The van der Waals surface area contributed by atoms with Crippen molar-refractivity contribution in [3.05, 3.63) is 0 Å². The van der Waals surface area contributed by atoms with Crippen molar-refractivity contribution in [2.45, 2.75) is 50.7 Å². The molecule has 0 aromatic carbocycles. The molecule has 0 amide bonds. The summed E-state index contributed by atoms with van der Waals surface area (Å²) in [6.45, 7) is 4.86. The molecule has 0 aromatic rings. The smallest absolute Gasteiger partial charge is 0.0595 e. The second-order valence-electron chi connectivity index (χ2n) is 6.43. The molecule has 0 radical (unpaired) electrons. The van der Waals surface area contributed by atoms with Crippen LogP contribution in [0.25, 0.3) is 0 Å². The van der Waals surface area contributed by atoms with E-state index in [2.05, 4.69) is 10.2 Å². The zero-order chi connectivity index (χ0) is 12.4. The Morgan fingerprint density at radius 2 is 1.67 bits per heavy atom. The van der Waals surface area contributed by atoms with Gasteiger partial charge in [0.25, 0.3) is 0 Å². The fourth-order valence-corrected chi connectivity index (χ4v) is 3.39. The average molecular weight is 252 g/mol. The molecule has 3 rings (SSSR count). The predicted octanol–water partition coefficient (Wildman–Crippen LogP) is 1.88. The summed E-state index contributed by atoms with van der Waals surface area (Å²) in [5.41, 5.74) is 0. The van der Waals surface area contributed by atoms with Crippen LogP contribution in [-0.4, -0.2) is 50.3 Å². The monoisotopic (exact) mass is 252 g/mol. The Hall–Kier alpha value is -0.120. The number of rotatable bonds is 7. The van der Waals surface area contributed by atoms with Crippen LogP contribution in [0.5, 0.6) is 0 Å². The van der Waals surface area contributed by atoms with Crippen molar-refractivity contribution in [3.8, 4) is 0 Å². The van der Waals surface area contributed by atoms with Gasteiger partial charge in [0.2, 0.25) is 0 Å². The molecule has 0 aromatic heterocycles. The summed E-state index contributed by atoms with van der Waals surface area (Å²) in [5, 5.41) is 3.84. The molecule has 0 atom stereocenters. The lowest BCUT2D eigenvalue weighted by molar-refractivity contribution is 0.0412. The van der Waals surface area contributed by atoms with Gasteiger partial charge in [-0.2, -0.15) is 0 Å². The van der Waals surface area contributed by atoms with Crippen LogP contribution >= 0.6 is 0 Å². The Labute approximate surface area is 111 Å². The van der Waals surface area contributed by atoms with E-state index in [1.165, 1.54) is 64.7 Å². The fourth-order valence-electron chi connectivity index (χ4n) is 3.39. The van der Waals surface area contributed by atoms with E-state index in [4.69, 9.17) is 4.74 Å². The lowest BCUT2D eigenvalue weighted by atomic mass is 10.1. The molecule has 2 aliphatic carbocycles. The molecule has 3 aliphatic rings. The van der Waals surface area contributed by atoms with Crippen LogP contribution in [0.4, 0.5) is 0 Å². The van der Waals surface area contributed by atoms with Gasteiger partial charge in [-0.05, 0) is 50.4 Å². The van der Waals surface area contributed by atoms with Gasteiger partial charge in [-0.15, -0.1) is 0 Å². The van der Waals surface area contributed by atoms with Crippen LogP contribution in [0, 0.1) is 11.8 Å². The van der Waals surface area contributed by atoms with E-state index in [-0.39, 0.29) is 0 Å². The summed E-state index contributed by atoms with van der Waals surface area (Å²) in [5.74, 6) is 2.05. The van der Waals surface area contributed by atoms with Gasteiger partial charge in [0.1, 0.15) is 0 Å². The first kappa shape index (κ1) is 12.9. The fraction of sp³-hybridized carbons (Fsp3) is 1.00. The molecule has 1 N–H and O–H groups in total. The van der Waals surface area contributed by atoms with E-state index >= 15 is 0 Å². The third-order valence-electron chi connectivity index (χ3n) is 4.94. The first-order chi connectivity index (χ1) is 8.86. The van der Waals surface area contributed by atoms with E-state index in [1.54, 1.807) is 0 Å². The van der Waals surface area contributed by atoms with Crippen molar-refractivity contribution < 1.29 is 4.74 Å². The summed E-state index contributed by atoms with van der Waals surface area (Å²) >= 11 is 0. The Balaban J connectivity index is 1.32. The third-order valence-corrected chi connectivity index (χ3v) is 4.94. The van der Waals surface area contributed by atoms with Gasteiger partial charge in [-0.1, -0.05) is 0 Å². The molecule has 18 heavy (non-hydrogen) atoms. The Morgan fingerprint density at radius 1 is 1.06 bits per heavy atom. The first-order valence-corrected chi connectivity index (χ1v) is 7.85. The second-order valence-corrected chi connectivity index (χ2v) is 6.43. The predicted molar refractivity (Wildman–Crippen MR) is 73.7 cm³/mol. The zero-order valence-corrected chi connectivity index (χ0v) is 11.7. The SMILES string of the molecule is COC1CCN(CCNC(C2CC2)C2CC2)CC1. The van der Waals surface area contributed by atoms with Gasteiger partial charge in [0.15, 0.2) is 0 Å². The summed E-state index contributed by atoms with van der Waals surface area (Å²) < 4.78 is 5.42. The molecule has 0 spiro atoms. The molecule has 0 unspecified atom stereocenters. The van der Waals surface area contributed by atoms with E-state index < -0.39 is 0 Å². The Bertz CT molecular complexity index is 243. The van der Waals surface area contributed by atoms with Gasteiger partial charge >= 0.3 is 0 Å². The highest BCUT2D eigenvalue weighted by Crippen LogP contribution is 2.44. The van der Waals surface area contributed by atoms with Gasteiger partial charge in [0, 0.05) is 39.3 Å². The lowest BCUT2D eigenvalue weighted by Crippen LogP contribution is -2.43. The molecule has 1 aliphatic heterocycles. The van der Waals surface area contributed by atoms with Crippen LogP contribution in [-0.2, 0) is 4.74 Å². The van der Waals surface area contributed by atoms with Crippen LogP contribution in [0.3, 0.4) is 0 Å². The van der Waals surface area contributed by atoms with E-state index in [0.717, 1.165) is 17.9 Å². The summed E-state index contributed by atoms with van der Waals surface area (Å²) in [6.07, 6.45) is 8.86. The Kier molecular flexibility index (Phi) is 4.22. The number of ether oxygens (including phenoxy) is 1. The summed E-state index contributed by atoms with van der Waals surface area (Å²) in [6, 6.07) is 0.863. The van der Waals surface area contributed by atoms with Crippen LogP contribution in [0.15, 0.2) is 0 Å². The number of nitrogens with zero attached hydrogens (tertiary/aromatic N) is 1. The normalized spacial score (nSPS) is 27.0. The largest absolute Gasteiger partial charge is 0.381 e. The minimum Gasteiger partial charge on any atom is -0.381 e. The number of nitrogens with one attached hydrogen (secondary N) is 1.